The van der Waals surface area contributed by atoms with Crippen LogP contribution in [0.2, 0.25) is 0 Å². The molecule has 3 aromatic rings. The van der Waals surface area contributed by atoms with Crippen molar-refractivity contribution in [2.75, 3.05) is 0 Å². The first-order valence-corrected chi connectivity index (χ1v) is 14.6. The van der Waals surface area contributed by atoms with Crippen molar-refractivity contribution >= 4 is 46.7 Å². The summed E-state index contributed by atoms with van der Waals surface area (Å²) in [5.41, 5.74) is 0.397. The van der Waals surface area contributed by atoms with Crippen LogP contribution in [-0.2, 0) is 41.9 Å². The Kier molecular flexibility index (Phi) is 13.0. The van der Waals surface area contributed by atoms with Crippen molar-refractivity contribution in [3.8, 4) is 0 Å². The lowest BCUT2D eigenvalue weighted by Gasteiger charge is -2.26. The fourth-order valence-electron chi connectivity index (χ4n) is 4.41. The molecule has 2 aromatic carbocycles. The largest absolute Gasteiger partial charge is 0.481 e. The minimum atomic E-state index is -1.60. The Morgan fingerprint density at radius 1 is 0.809 bits per heavy atom. The molecule has 0 spiro atoms. The number of carbonyl (C=O) groups excluding carboxylic acids is 4. The van der Waals surface area contributed by atoms with Crippen molar-refractivity contribution in [1.29, 1.82) is 0 Å². The Morgan fingerprint density at radius 3 is 2.15 bits per heavy atom. The van der Waals surface area contributed by atoms with E-state index in [0.29, 0.717) is 16.5 Å². The summed E-state index contributed by atoms with van der Waals surface area (Å²) >= 11 is 0. The highest BCUT2D eigenvalue weighted by Crippen LogP contribution is 2.13. The van der Waals surface area contributed by atoms with Crippen molar-refractivity contribution in [2.24, 2.45) is 5.92 Å². The van der Waals surface area contributed by atoms with Crippen LogP contribution in [0, 0.1) is 5.92 Å². The molecule has 1 heterocycles. The van der Waals surface area contributed by atoms with Gasteiger partial charge in [0.1, 0.15) is 30.3 Å². The first-order valence-electron chi connectivity index (χ1n) is 14.6. The van der Waals surface area contributed by atoms with E-state index in [-0.39, 0.29) is 25.1 Å². The molecule has 0 saturated heterocycles. The maximum Gasteiger partial charge on any atom is 0.408 e. The standard InChI is InChI=1S/C32H36N4O11/c1-18(2)27(36-29(42)22(12-13-25(37)38)35-32(45)46-17-19-8-4-3-5-9-19)30(43)34-23(15-26(39)40)28(41)33-16-21-14-20-10-6-7-11-24(20)47-31(21)44/h3-11,14,18,22-23,27H,12-13,15-17H2,1-2H3,(H,33,41)(H,34,43)(H,35,45)(H,36,42)(H,37,38)(H,39,40)/t22-,23-,27-/m0/s1. The fourth-order valence-corrected chi connectivity index (χ4v) is 4.41. The van der Waals surface area contributed by atoms with Gasteiger partial charge in [0.05, 0.1) is 18.5 Å². The van der Waals surface area contributed by atoms with Crippen LogP contribution in [-0.4, -0.2) is 64.1 Å². The fraction of sp³-hybridized carbons (Fsp3) is 0.344. The van der Waals surface area contributed by atoms with Gasteiger partial charge in [0.25, 0.3) is 0 Å². The predicted molar refractivity (Wildman–Crippen MR) is 166 cm³/mol. The Balaban J connectivity index is 1.68. The summed E-state index contributed by atoms with van der Waals surface area (Å²) < 4.78 is 10.4. The van der Waals surface area contributed by atoms with Crippen LogP contribution in [0.4, 0.5) is 4.79 Å². The summed E-state index contributed by atoms with van der Waals surface area (Å²) in [5.74, 6) is -5.97. The smallest absolute Gasteiger partial charge is 0.408 e. The van der Waals surface area contributed by atoms with Crippen molar-refractivity contribution in [3.05, 3.63) is 82.2 Å². The first-order chi connectivity index (χ1) is 22.3. The summed E-state index contributed by atoms with van der Waals surface area (Å²) in [4.78, 5) is 87.0. The van der Waals surface area contributed by atoms with Crippen molar-refractivity contribution in [1.82, 2.24) is 21.3 Å². The van der Waals surface area contributed by atoms with E-state index in [0.717, 1.165) is 0 Å². The van der Waals surface area contributed by atoms with Gasteiger partial charge in [0.15, 0.2) is 0 Å². The maximum absolute atomic E-state index is 13.3. The van der Waals surface area contributed by atoms with Crippen molar-refractivity contribution in [3.63, 3.8) is 0 Å². The number of rotatable bonds is 16. The van der Waals surface area contributed by atoms with E-state index < -0.39 is 78.3 Å². The van der Waals surface area contributed by atoms with Gasteiger partial charge < -0.3 is 40.6 Å². The molecule has 6 N–H and O–H groups in total. The second kappa shape index (κ2) is 17.1. The minimum Gasteiger partial charge on any atom is -0.481 e. The molecule has 15 nitrogen and oxygen atoms in total. The summed E-state index contributed by atoms with van der Waals surface area (Å²) in [6.45, 7) is 2.71. The van der Waals surface area contributed by atoms with Crippen LogP contribution in [0.3, 0.4) is 0 Å². The van der Waals surface area contributed by atoms with E-state index in [9.17, 15) is 38.7 Å². The molecular formula is C32H36N4O11. The highest BCUT2D eigenvalue weighted by molar-refractivity contribution is 5.95. The maximum atomic E-state index is 13.3. The molecule has 0 bridgehead atoms. The van der Waals surface area contributed by atoms with Crippen LogP contribution in [0.25, 0.3) is 11.0 Å². The molecule has 0 fully saturated rings. The molecule has 0 radical (unpaired) electrons. The van der Waals surface area contributed by atoms with Crippen LogP contribution >= 0.6 is 0 Å². The van der Waals surface area contributed by atoms with Crippen molar-refractivity contribution in [2.45, 2.75) is 64.4 Å². The average molecular weight is 653 g/mol. The van der Waals surface area contributed by atoms with Gasteiger partial charge in [-0.1, -0.05) is 62.4 Å². The van der Waals surface area contributed by atoms with Crippen LogP contribution < -0.4 is 26.9 Å². The van der Waals surface area contributed by atoms with Gasteiger partial charge in [0.2, 0.25) is 17.7 Å². The zero-order chi connectivity index (χ0) is 34.5. The molecule has 3 rings (SSSR count). The topological polar surface area (TPSA) is 230 Å². The predicted octanol–water partition coefficient (Wildman–Crippen LogP) is 1.67. The Bertz CT molecular complexity index is 1660. The van der Waals surface area contributed by atoms with E-state index in [1.807, 2.05) is 0 Å². The van der Waals surface area contributed by atoms with Crippen LogP contribution in [0.5, 0.6) is 0 Å². The number of nitrogens with one attached hydrogen (secondary N) is 4. The summed E-state index contributed by atoms with van der Waals surface area (Å²) in [6, 6.07) is 12.6. The van der Waals surface area contributed by atoms with Gasteiger partial charge in [-0.05, 0) is 30.0 Å². The van der Waals surface area contributed by atoms with Gasteiger partial charge in [-0.2, -0.15) is 0 Å². The zero-order valence-corrected chi connectivity index (χ0v) is 25.7. The third kappa shape index (κ3) is 11.3. The van der Waals surface area contributed by atoms with E-state index in [1.165, 1.54) is 6.07 Å². The number of carboxylic acids is 2. The number of fused-ring (bicyclic) bond motifs is 1. The van der Waals surface area contributed by atoms with Gasteiger partial charge in [0, 0.05) is 11.8 Å². The lowest BCUT2D eigenvalue weighted by Crippen LogP contribution is -2.58. The normalized spacial score (nSPS) is 12.7. The number of alkyl carbamates (subject to hydrolysis) is 1. The summed E-state index contributed by atoms with van der Waals surface area (Å²) in [7, 11) is 0. The number of carbonyl (C=O) groups is 6. The molecule has 47 heavy (non-hydrogen) atoms. The summed E-state index contributed by atoms with van der Waals surface area (Å²) in [6.07, 6.45) is -2.64. The third-order valence-electron chi connectivity index (χ3n) is 6.89. The van der Waals surface area contributed by atoms with Gasteiger partial charge in [-0.3, -0.25) is 24.0 Å². The van der Waals surface area contributed by atoms with E-state index in [1.54, 1.807) is 68.4 Å². The number of benzene rings is 2. The number of hydrogen-bond donors (Lipinski definition) is 6. The van der Waals surface area contributed by atoms with E-state index in [4.69, 9.17) is 14.3 Å². The molecular weight excluding hydrogens is 616 g/mol. The highest BCUT2D eigenvalue weighted by atomic mass is 16.5. The lowest BCUT2D eigenvalue weighted by atomic mass is 10.0. The number of para-hydroxylation sites is 1. The second-order valence-corrected chi connectivity index (χ2v) is 10.9. The van der Waals surface area contributed by atoms with Gasteiger partial charge in [-0.15, -0.1) is 0 Å². The van der Waals surface area contributed by atoms with Crippen LogP contribution in [0.15, 0.2) is 69.9 Å². The molecule has 3 atom stereocenters. The number of ether oxygens (including phenoxy) is 1. The zero-order valence-electron chi connectivity index (χ0n) is 25.7. The Morgan fingerprint density at radius 2 is 1.49 bits per heavy atom. The first kappa shape index (κ1) is 35.7. The summed E-state index contributed by atoms with van der Waals surface area (Å²) in [5, 5.41) is 28.7. The highest BCUT2D eigenvalue weighted by Gasteiger charge is 2.32. The van der Waals surface area contributed by atoms with Gasteiger partial charge in [-0.25, -0.2) is 9.59 Å². The van der Waals surface area contributed by atoms with E-state index >= 15 is 0 Å². The van der Waals surface area contributed by atoms with Gasteiger partial charge >= 0.3 is 23.7 Å². The SMILES string of the molecule is CC(C)[C@H](NC(=O)[C@H](CCC(=O)O)NC(=O)OCc1ccccc1)C(=O)N[C@@H](CC(=O)O)C(=O)NCc1cc2ccccc2oc1=O. The van der Waals surface area contributed by atoms with E-state index in [2.05, 4.69) is 21.3 Å². The number of amides is 4. The second-order valence-electron chi connectivity index (χ2n) is 10.9. The van der Waals surface area contributed by atoms with Crippen molar-refractivity contribution < 1.29 is 48.1 Å². The average Bonchev–Trinajstić information content (AvgIpc) is 3.02. The number of aliphatic carboxylic acids is 2. The lowest BCUT2D eigenvalue weighted by molar-refractivity contribution is -0.141. The quantitative estimate of drug-likeness (QED) is 0.122. The monoisotopic (exact) mass is 652 g/mol. The molecule has 0 aliphatic rings. The molecule has 4 amide bonds. The molecule has 15 heteroatoms. The Hall–Kier alpha value is -5.73. The number of carboxylic acid groups (broad SMARTS) is 2. The minimum absolute atomic E-state index is 0.0898. The Labute approximate surface area is 268 Å². The molecule has 0 aliphatic carbocycles. The molecule has 0 aliphatic heterocycles. The molecule has 1 aromatic heterocycles. The number of hydrogen-bond acceptors (Lipinski definition) is 9. The molecule has 0 saturated carbocycles. The molecule has 0 unspecified atom stereocenters. The third-order valence-corrected chi connectivity index (χ3v) is 6.89. The molecule has 250 valence electrons. The van der Waals surface area contributed by atoms with Crippen LogP contribution in [0.1, 0.15) is 44.2 Å².